The Bertz CT molecular complexity index is 374. The van der Waals surface area contributed by atoms with Crippen LogP contribution in [0.4, 0.5) is 0 Å². The molecule has 2 heterocycles. The van der Waals surface area contributed by atoms with Crippen molar-refractivity contribution in [1.82, 2.24) is 9.80 Å². The molecule has 0 fully saturated rings. The van der Waals surface area contributed by atoms with Gasteiger partial charge in [-0.15, -0.1) is 0 Å². The molecule has 0 aromatic rings. The summed E-state index contributed by atoms with van der Waals surface area (Å²) in [5.74, 6) is 0. The van der Waals surface area contributed by atoms with Gasteiger partial charge < -0.3 is 9.80 Å². The van der Waals surface area contributed by atoms with Crippen molar-refractivity contribution >= 4 is 0 Å². The predicted molar refractivity (Wildman–Crippen MR) is 72.9 cm³/mol. The lowest BCUT2D eigenvalue weighted by atomic mass is 10.1. The number of rotatable bonds is 2. The summed E-state index contributed by atoms with van der Waals surface area (Å²) in [4.78, 5) is 4.08. The van der Waals surface area contributed by atoms with Gasteiger partial charge >= 0.3 is 0 Å². The summed E-state index contributed by atoms with van der Waals surface area (Å²) in [6.45, 7) is 0. The zero-order chi connectivity index (χ0) is 12.1. The standard InChI is InChI=1S/C15H18N2/c1-16-10-6-14(7-11-16)4-3-5-15-8-12-17(2)13-9-15/h4-13H,3H2,1-2H3. The van der Waals surface area contributed by atoms with E-state index in [0.29, 0.717) is 0 Å². The van der Waals surface area contributed by atoms with Gasteiger partial charge in [0.1, 0.15) is 0 Å². The van der Waals surface area contributed by atoms with E-state index >= 15 is 0 Å². The van der Waals surface area contributed by atoms with Crippen LogP contribution >= 0.6 is 0 Å². The first-order valence-corrected chi connectivity index (χ1v) is 5.81. The Morgan fingerprint density at radius 1 is 0.765 bits per heavy atom. The summed E-state index contributed by atoms with van der Waals surface area (Å²) in [5, 5.41) is 0. The highest BCUT2D eigenvalue weighted by Crippen LogP contribution is 2.12. The van der Waals surface area contributed by atoms with Crippen LogP contribution in [-0.4, -0.2) is 23.9 Å². The SMILES string of the molecule is CN1C=CC(=CCC=C2C=CN(C)C=C2)C=C1. The Hall–Kier alpha value is -1.96. The van der Waals surface area contributed by atoms with Crippen molar-refractivity contribution in [3.63, 3.8) is 0 Å². The fourth-order valence-electron chi connectivity index (χ4n) is 1.63. The molecule has 17 heavy (non-hydrogen) atoms. The Labute approximate surface area is 103 Å². The number of hydrogen-bond donors (Lipinski definition) is 0. The second kappa shape index (κ2) is 5.39. The van der Waals surface area contributed by atoms with Crippen LogP contribution in [0.15, 0.2) is 72.4 Å². The van der Waals surface area contributed by atoms with Crippen molar-refractivity contribution in [3.8, 4) is 0 Å². The smallest absolute Gasteiger partial charge is 0.0106 e. The molecule has 0 unspecified atom stereocenters. The molecule has 0 spiro atoms. The molecule has 0 radical (unpaired) electrons. The lowest BCUT2D eigenvalue weighted by Gasteiger charge is -2.12. The summed E-state index contributed by atoms with van der Waals surface area (Å²) in [6.07, 6.45) is 22.2. The molecule has 2 heteroatoms. The Morgan fingerprint density at radius 3 is 1.47 bits per heavy atom. The van der Waals surface area contributed by atoms with Gasteiger partial charge in [-0.2, -0.15) is 0 Å². The molecule has 0 atom stereocenters. The van der Waals surface area contributed by atoms with Gasteiger partial charge in [0, 0.05) is 38.9 Å². The highest BCUT2D eigenvalue weighted by Gasteiger charge is 1.95. The second-order valence-electron chi connectivity index (χ2n) is 4.24. The Morgan fingerprint density at radius 2 is 1.12 bits per heavy atom. The van der Waals surface area contributed by atoms with Crippen LogP contribution in [0.25, 0.3) is 0 Å². The summed E-state index contributed by atoms with van der Waals surface area (Å²) < 4.78 is 0. The molecule has 0 saturated heterocycles. The van der Waals surface area contributed by atoms with E-state index in [2.05, 4.69) is 61.3 Å². The minimum Gasteiger partial charge on any atom is -0.357 e. The van der Waals surface area contributed by atoms with Crippen LogP contribution < -0.4 is 0 Å². The second-order valence-corrected chi connectivity index (χ2v) is 4.24. The zero-order valence-electron chi connectivity index (χ0n) is 10.4. The van der Waals surface area contributed by atoms with Crippen molar-refractivity contribution in [2.75, 3.05) is 14.1 Å². The van der Waals surface area contributed by atoms with E-state index in [0.717, 1.165) is 6.42 Å². The Balaban J connectivity index is 1.92. The highest BCUT2D eigenvalue weighted by molar-refractivity contribution is 5.36. The third-order valence-corrected chi connectivity index (χ3v) is 2.72. The maximum absolute atomic E-state index is 2.23. The molecule has 0 aromatic carbocycles. The van der Waals surface area contributed by atoms with Crippen LogP contribution in [0.2, 0.25) is 0 Å². The molecule has 0 bridgehead atoms. The number of nitrogens with zero attached hydrogens (tertiary/aromatic N) is 2. The topological polar surface area (TPSA) is 6.48 Å². The van der Waals surface area contributed by atoms with E-state index in [1.165, 1.54) is 11.1 Å². The third-order valence-electron chi connectivity index (χ3n) is 2.72. The van der Waals surface area contributed by atoms with Crippen molar-refractivity contribution < 1.29 is 0 Å². The third kappa shape index (κ3) is 3.52. The molecule has 2 aliphatic heterocycles. The van der Waals surface area contributed by atoms with Crippen molar-refractivity contribution in [3.05, 3.63) is 72.4 Å². The molecular formula is C15H18N2. The maximum atomic E-state index is 2.23. The van der Waals surface area contributed by atoms with Gasteiger partial charge in [-0.05, 0) is 41.9 Å². The van der Waals surface area contributed by atoms with Crippen molar-refractivity contribution in [2.24, 2.45) is 0 Å². The van der Waals surface area contributed by atoms with Gasteiger partial charge in [-0.25, -0.2) is 0 Å². The largest absolute Gasteiger partial charge is 0.357 e. The van der Waals surface area contributed by atoms with E-state index in [1.54, 1.807) is 0 Å². The van der Waals surface area contributed by atoms with Gasteiger partial charge in [-0.3, -0.25) is 0 Å². The first-order chi connectivity index (χ1) is 8.24. The molecule has 0 saturated carbocycles. The van der Waals surface area contributed by atoms with Gasteiger partial charge in [0.25, 0.3) is 0 Å². The van der Waals surface area contributed by atoms with Gasteiger partial charge in [0.05, 0.1) is 0 Å². The average molecular weight is 226 g/mol. The molecule has 2 nitrogen and oxygen atoms in total. The van der Waals surface area contributed by atoms with E-state index in [9.17, 15) is 0 Å². The monoisotopic (exact) mass is 226 g/mol. The first kappa shape index (κ1) is 11.5. The van der Waals surface area contributed by atoms with E-state index < -0.39 is 0 Å². The van der Waals surface area contributed by atoms with Gasteiger partial charge in [0.2, 0.25) is 0 Å². The molecule has 0 aromatic heterocycles. The van der Waals surface area contributed by atoms with Crippen LogP contribution in [0.5, 0.6) is 0 Å². The normalized spacial score (nSPS) is 18.0. The van der Waals surface area contributed by atoms with Gasteiger partial charge in [-0.1, -0.05) is 12.2 Å². The van der Waals surface area contributed by atoms with Crippen molar-refractivity contribution in [1.29, 1.82) is 0 Å². The highest BCUT2D eigenvalue weighted by atomic mass is 15.1. The fourth-order valence-corrected chi connectivity index (χ4v) is 1.63. The summed E-state index contributed by atoms with van der Waals surface area (Å²) >= 11 is 0. The quantitative estimate of drug-likeness (QED) is 0.713. The van der Waals surface area contributed by atoms with Crippen LogP contribution in [0.3, 0.4) is 0 Å². The van der Waals surface area contributed by atoms with Crippen molar-refractivity contribution in [2.45, 2.75) is 6.42 Å². The summed E-state index contributed by atoms with van der Waals surface area (Å²) in [6, 6.07) is 0. The number of hydrogen-bond acceptors (Lipinski definition) is 2. The van der Waals surface area contributed by atoms with E-state index in [4.69, 9.17) is 0 Å². The molecule has 0 amide bonds. The van der Waals surface area contributed by atoms with Crippen LogP contribution in [0, 0.1) is 0 Å². The molecule has 0 N–H and O–H groups in total. The lowest BCUT2D eigenvalue weighted by Crippen LogP contribution is -2.03. The Kier molecular flexibility index (Phi) is 3.66. The molecule has 0 aliphatic carbocycles. The zero-order valence-corrected chi connectivity index (χ0v) is 10.4. The summed E-state index contributed by atoms with van der Waals surface area (Å²) in [7, 11) is 4.06. The summed E-state index contributed by atoms with van der Waals surface area (Å²) in [5.41, 5.74) is 2.53. The molecular weight excluding hydrogens is 208 g/mol. The average Bonchev–Trinajstić information content (AvgIpc) is 2.34. The molecule has 2 rings (SSSR count). The maximum Gasteiger partial charge on any atom is 0.0106 e. The molecule has 2 aliphatic rings. The van der Waals surface area contributed by atoms with E-state index in [-0.39, 0.29) is 0 Å². The predicted octanol–water partition coefficient (Wildman–Crippen LogP) is 3.17. The molecule has 88 valence electrons. The van der Waals surface area contributed by atoms with E-state index in [1.807, 2.05) is 23.9 Å². The lowest BCUT2D eigenvalue weighted by molar-refractivity contribution is 0.619. The first-order valence-electron chi connectivity index (χ1n) is 5.81. The van der Waals surface area contributed by atoms with Crippen LogP contribution in [0.1, 0.15) is 6.42 Å². The minimum atomic E-state index is 0.960. The minimum absolute atomic E-state index is 0.960. The fraction of sp³-hybridized carbons (Fsp3) is 0.200. The van der Waals surface area contributed by atoms with Gasteiger partial charge in [0.15, 0.2) is 0 Å². The number of allylic oxidation sites excluding steroid dienone is 8. The van der Waals surface area contributed by atoms with Crippen LogP contribution in [-0.2, 0) is 0 Å².